The fraction of sp³-hybridized carbons (Fsp3) is 0.308. The van der Waals surface area contributed by atoms with Crippen LogP contribution in [0.1, 0.15) is 27.9 Å². The van der Waals surface area contributed by atoms with Crippen molar-refractivity contribution in [3.63, 3.8) is 0 Å². The van der Waals surface area contributed by atoms with Gasteiger partial charge >= 0.3 is 24.3 Å². The molecule has 4 aromatic rings. The molecule has 0 bridgehead atoms. The van der Waals surface area contributed by atoms with Crippen molar-refractivity contribution in [2.24, 2.45) is 0 Å². The SMILES string of the molecule is CCOC(=O)c1nc2ccccc2n(COCC(F)(F)F)c1=O.O=C(O)c1nc2ccccc2n(COCC(F)(F)F)c1=O. The number of carbonyl (C=O) groups excluding carboxylic acids is 1. The fourth-order valence-corrected chi connectivity index (χ4v) is 3.62. The minimum atomic E-state index is -4.54. The zero-order chi connectivity index (χ0) is 32.7. The van der Waals surface area contributed by atoms with Gasteiger partial charge in [0.25, 0.3) is 11.1 Å². The highest BCUT2D eigenvalue weighted by atomic mass is 19.4. The highest BCUT2D eigenvalue weighted by Gasteiger charge is 2.29. The van der Waals surface area contributed by atoms with E-state index in [1.54, 1.807) is 31.2 Å². The lowest BCUT2D eigenvalue weighted by atomic mass is 10.3. The number of aromatic nitrogens is 4. The number of esters is 1. The molecule has 0 aliphatic carbocycles. The number of carboxylic acids is 1. The number of carboxylic acid groups (broad SMARTS) is 1. The van der Waals surface area contributed by atoms with Crippen molar-refractivity contribution in [2.75, 3.05) is 19.8 Å². The minimum Gasteiger partial charge on any atom is -0.476 e. The van der Waals surface area contributed by atoms with Gasteiger partial charge in [0.05, 0.1) is 28.7 Å². The molecule has 2 heterocycles. The van der Waals surface area contributed by atoms with Crippen LogP contribution in [0.4, 0.5) is 26.3 Å². The lowest BCUT2D eigenvalue weighted by Gasteiger charge is -2.13. The number of alkyl halides is 6. The summed E-state index contributed by atoms with van der Waals surface area (Å²) in [5, 5.41) is 8.91. The summed E-state index contributed by atoms with van der Waals surface area (Å²) in [7, 11) is 0. The second-order valence-corrected chi connectivity index (χ2v) is 8.58. The summed E-state index contributed by atoms with van der Waals surface area (Å²) >= 11 is 0. The van der Waals surface area contributed by atoms with Crippen LogP contribution in [0.2, 0.25) is 0 Å². The van der Waals surface area contributed by atoms with Crippen LogP contribution in [0.3, 0.4) is 0 Å². The van der Waals surface area contributed by atoms with E-state index in [0.29, 0.717) is 0 Å². The zero-order valence-corrected chi connectivity index (χ0v) is 22.5. The van der Waals surface area contributed by atoms with Crippen molar-refractivity contribution in [3.8, 4) is 0 Å². The van der Waals surface area contributed by atoms with Gasteiger partial charge in [-0.3, -0.25) is 18.7 Å². The van der Waals surface area contributed by atoms with Crippen molar-refractivity contribution in [1.82, 2.24) is 19.1 Å². The molecule has 0 aliphatic rings. The molecule has 0 saturated carbocycles. The molecule has 2 aromatic heterocycles. The first-order valence-corrected chi connectivity index (χ1v) is 12.3. The highest BCUT2D eigenvalue weighted by molar-refractivity contribution is 5.89. The van der Waals surface area contributed by atoms with E-state index < -0.39 is 73.5 Å². The Morgan fingerprint density at radius 2 is 1.16 bits per heavy atom. The number of rotatable bonds is 9. The summed E-state index contributed by atoms with van der Waals surface area (Å²) in [5.74, 6) is -2.50. The Labute approximate surface area is 242 Å². The van der Waals surface area contributed by atoms with Gasteiger partial charge in [-0.1, -0.05) is 24.3 Å². The molecule has 0 aliphatic heterocycles. The van der Waals surface area contributed by atoms with Gasteiger partial charge in [0.1, 0.15) is 26.7 Å². The number of hydrogen-bond donors (Lipinski definition) is 1. The number of aromatic carboxylic acids is 1. The van der Waals surface area contributed by atoms with Gasteiger partial charge in [0.2, 0.25) is 11.4 Å². The normalized spacial score (nSPS) is 11.7. The molecule has 12 nitrogen and oxygen atoms in total. The second kappa shape index (κ2) is 14.1. The predicted molar refractivity (Wildman–Crippen MR) is 139 cm³/mol. The number of nitrogens with zero attached hydrogens (tertiary/aromatic N) is 4. The molecular formula is C26H22F6N4O8. The van der Waals surface area contributed by atoms with Crippen molar-refractivity contribution in [1.29, 1.82) is 0 Å². The summed E-state index contributed by atoms with van der Waals surface area (Å²) in [6.45, 7) is -2.83. The molecule has 1 N–H and O–H groups in total. The number of fused-ring (bicyclic) bond motifs is 2. The van der Waals surface area contributed by atoms with E-state index in [0.717, 1.165) is 9.13 Å². The van der Waals surface area contributed by atoms with E-state index in [9.17, 15) is 45.5 Å². The summed E-state index contributed by atoms with van der Waals surface area (Å²) in [5.41, 5.74) is -2.28. The van der Waals surface area contributed by atoms with Crippen LogP contribution in [-0.4, -0.2) is 68.3 Å². The zero-order valence-electron chi connectivity index (χ0n) is 22.5. The van der Waals surface area contributed by atoms with E-state index in [4.69, 9.17) is 9.84 Å². The van der Waals surface area contributed by atoms with Gasteiger partial charge in [-0.05, 0) is 31.2 Å². The first kappa shape index (κ1) is 33.7. The maximum absolute atomic E-state index is 12.3. The Morgan fingerprint density at radius 3 is 1.57 bits per heavy atom. The van der Waals surface area contributed by atoms with Crippen LogP contribution in [0.25, 0.3) is 22.1 Å². The lowest BCUT2D eigenvalue weighted by Crippen LogP contribution is -2.31. The maximum atomic E-state index is 12.3. The summed E-state index contributed by atoms with van der Waals surface area (Å²) in [6.07, 6.45) is -9.06. The van der Waals surface area contributed by atoms with Crippen molar-refractivity contribution in [2.45, 2.75) is 32.7 Å². The van der Waals surface area contributed by atoms with E-state index in [-0.39, 0.29) is 28.7 Å². The van der Waals surface area contributed by atoms with Crippen LogP contribution in [0, 0.1) is 0 Å². The summed E-state index contributed by atoms with van der Waals surface area (Å²) in [6, 6.07) is 12.2. The smallest absolute Gasteiger partial charge is 0.411 e. The van der Waals surface area contributed by atoms with Crippen LogP contribution < -0.4 is 11.1 Å². The van der Waals surface area contributed by atoms with Crippen molar-refractivity contribution < 1.29 is 55.2 Å². The molecule has 2 aromatic carbocycles. The third-order valence-electron chi connectivity index (χ3n) is 5.35. The molecule has 0 fully saturated rings. The van der Waals surface area contributed by atoms with Crippen LogP contribution in [0.5, 0.6) is 0 Å². The minimum absolute atomic E-state index is 0.0390. The Morgan fingerprint density at radius 1 is 0.750 bits per heavy atom. The standard InChI is InChI=1S/C14H13F3N2O4.C12H9F3N2O4/c1-2-23-13(21)11-12(20)19(8-22-7-14(15,16)17)10-6-4-3-5-9(10)18-11;13-12(14,15)5-21-6-17-8-4-2-1-3-7(8)16-9(10(17)18)11(19)20/h3-6H,2,7-8H2,1H3;1-4H,5-6H2,(H,19,20). The van der Waals surface area contributed by atoms with E-state index in [1.807, 2.05) is 0 Å². The Kier molecular flexibility index (Phi) is 10.8. The first-order chi connectivity index (χ1) is 20.6. The first-order valence-electron chi connectivity index (χ1n) is 12.3. The molecule has 0 atom stereocenters. The molecule has 0 spiro atoms. The van der Waals surface area contributed by atoms with Crippen molar-refractivity contribution in [3.05, 3.63) is 80.6 Å². The summed E-state index contributed by atoms with van der Waals surface area (Å²) in [4.78, 5) is 54.6. The number of benzene rings is 2. The average Bonchev–Trinajstić information content (AvgIpc) is 2.94. The molecule has 0 radical (unpaired) electrons. The van der Waals surface area contributed by atoms with Gasteiger partial charge in [-0.2, -0.15) is 26.3 Å². The third-order valence-corrected chi connectivity index (χ3v) is 5.35. The Bertz CT molecular complexity index is 1770. The highest BCUT2D eigenvalue weighted by Crippen LogP contribution is 2.17. The fourth-order valence-electron chi connectivity index (χ4n) is 3.62. The topological polar surface area (TPSA) is 152 Å². The Hall–Kier alpha value is -4.84. The van der Waals surface area contributed by atoms with Gasteiger partial charge < -0.3 is 19.3 Å². The van der Waals surface area contributed by atoms with Gasteiger partial charge in [0, 0.05) is 0 Å². The van der Waals surface area contributed by atoms with E-state index in [1.165, 1.54) is 24.3 Å². The Balaban J connectivity index is 0.000000241. The van der Waals surface area contributed by atoms with Crippen LogP contribution in [0.15, 0.2) is 58.1 Å². The number of carbonyl (C=O) groups is 2. The molecule has 4 rings (SSSR count). The molecule has 0 saturated heterocycles. The molecular weight excluding hydrogens is 610 g/mol. The molecule has 0 unspecified atom stereocenters. The maximum Gasteiger partial charge on any atom is 0.411 e. The van der Waals surface area contributed by atoms with Crippen molar-refractivity contribution >= 4 is 34.0 Å². The quantitative estimate of drug-likeness (QED) is 0.213. The number of halogens is 6. The lowest BCUT2D eigenvalue weighted by molar-refractivity contribution is -0.182. The average molecular weight is 632 g/mol. The van der Waals surface area contributed by atoms with Gasteiger partial charge in [-0.25, -0.2) is 19.6 Å². The third kappa shape index (κ3) is 8.83. The summed E-state index contributed by atoms with van der Waals surface area (Å²) < 4.78 is 88.1. The number of para-hydroxylation sites is 4. The molecule has 44 heavy (non-hydrogen) atoms. The molecule has 0 amide bonds. The predicted octanol–water partition coefficient (Wildman–Crippen LogP) is 3.74. The molecule has 18 heteroatoms. The van der Waals surface area contributed by atoms with E-state index in [2.05, 4.69) is 19.4 Å². The van der Waals surface area contributed by atoms with Gasteiger partial charge in [-0.15, -0.1) is 0 Å². The number of ether oxygens (including phenoxy) is 3. The van der Waals surface area contributed by atoms with Crippen LogP contribution >= 0.6 is 0 Å². The monoisotopic (exact) mass is 632 g/mol. The van der Waals surface area contributed by atoms with Crippen LogP contribution in [-0.2, 0) is 27.7 Å². The van der Waals surface area contributed by atoms with Gasteiger partial charge in [0.15, 0.2) is 0 Å². The number of hydrogen-bond acceptors (Lipinski definition) is 9. The van der Waals surface area contributed by atoms with E-state index >= 15 is 0 Å². The second-order valence-electron chi connectivity index (χ2n) is 8.58. The molecule has 236 valence electrons. The largest absolute Gasteiger partial charge is 0.476 e.